The minimum absolute atomic E-state index is 0.201. The van der Waals surface area contributed by atoms with E-state index in [1.165, 1.54) is 13.1 Å². The molecule has 0 fully saturated rings. The highest BCUT2D eigenvalue weighted by Crippen LogP contribution is 2.32. The summed E-state index contributed by atoms with van der Waals surface area (Å²) in [5.41, 5.74) is 1.16. The molecule has 1 aliphatic heterocycles. The molecule has 2 aromatic rings. The summed E-state index contributed by atoms with van der Waals surface area (Å²) in [6.45, 7) is 2.01. The number of aromatic nitrogens is 1. The molecule has 124 valence electrons. The third-order valence-electron chi connectivity index (χ3n) is 3.45. The van der Waals surface area contributed by atoms with Gasteiger partial charge in [-0.3, -0.25) is 9.78 Å². The minimum Gasteiger partial charge on any atom is -0.454 e. The molecule has 24 heavy (non-hydrogen) atoms. The van der Waals surface area contributed by atoms with Crippen molar-refractivity contribution in [2.45, 2.75) is 19.6 Å². The molecule has 0 spiro atoms. The van der Waals surface area contributed by atoms with Crippen LogP contribution in [-0.2, 0) is 16.1 Å². The summed E-state index contributed by atoms with van der Waals surface area (Å²) in [6, 6.07) is 8.62. The van der Waals surface area contributed by atoms with E-state index < -0.39 is 12.1 Å². The molecule has 0 unspecified atom stereocenters. The Kier molecular flexibility index (Phi) is 4.60. The Morgan fingerprint density at radius 3 is 2.92 bits per heavy atom. The molecule has 3 rings (SSSR count). The van der Waals surface area contributed by atoms with Crippen LogP contribution in [-0.4, -0.2) is 29.8 Å². The first-order valence-electron chi connectivity index (χ1n) is 7.41. The van der Waals surface area contributed by atoms with Crippen molar-refractivity contribution in [1.29, 1.82) is 0 Å². The van der Waals surface area contributed by atoms with Gasteiger partial charge in [-0.1, -0.05) is 6.07 Å². The molecular formula is C17H16N2O5. The van der Waals surface area contributed by atoms with Crippen LogP contribution in [0.2, 0.25) is 0 Å². The van der Waals surface area contributed by atoms with E-state index in [1.54, 1.807) is 30.5 Å². The number of hydrogen-bond donors (Lipinski definition) is 1. The molecule has 1 aliphatic rings. The lowest BCUT2D eigenvalue weighted by molar-refractivity contribution is -0.129. The molecule has 1 aromatic heterocycles. The van der Waals surface area contributed by atoms with Crippen molar-refractivity contribution in [3.63, 3.8) is 0 Å². The monoisotopic (exact) mass is 328 g/mol. The summed E-state index contributed by atoms with van der Waals surface area (Å²) in [6.07, 6.45) is 2.03. The highest BCUT2D eigenvalue weighted by Gasteiger charge is 2.19. The largest absolute Gasteiger partial charge is 0.454 e. The number of carbonyl (C=O) groups is 2. The molecule has 1 N–H and O–H groups in total. The summed E-state index contributed by atoms with van der Waals surface area (Å²) in [7, 11) is 0. The van der Waals surface area contributed by atoms with Gasteiger partial charge in [0.25, 0.3) is 5.91 Å². The molecule has 0 bridgehead atoms. The van der Waals surface area contributed by atoms with E-state index >= 15 is 0 Å². The topological polar surface area (TPSA) is 86.8 Å². The van der Waals surface area contributed by atoms with E-state index in [9.17, 15) is 9.59 Å². The zero-order chi connectivity index (χ0) is 16.9. The van der Waals surface area contributed by atoms with E-state index in [4.69, 9.17) is 14.2 Å². The maximum Gasteiger partial charge on any atom is 0.340 e. The lowest BCUT2D eigenvalue weighted by Crippen LogP contribution is -2.35. The van der Waals surface area contributed by atoms with Gasteiger partial charge in [0.1, 0.15) is 0 Å². The molecule has 1 atom stereocenters. The van der Waals surface area contributed by atoms with Gasteiger partial charge in [-0.25, -0.2) is 4.79 Å². The number of amides is 1. The van der Waals surface area contributed by atoms with Crippen LogP contribution in [0.4, 0.5) is 0 Å². The van der Waals surface area contributed by atoms with Gasteiger partial charge in [0.15, 0.2) is 17.6 Å². The summed E-state index contributed by atoms with van der Waals surface area (Å²) >= 11 is 0. The van der Waals surface area contributed by atoms with Crippen molar-refractivity contribution in [1.82, 2.24) is 10.3 Å². The van der Waals surface area contributed by atoms with Crippen LogP contribution in [0.25, 0.3) is 0 Å². The maximum absolute atomic E-state index is 12.1. The fourth-order valence-corrected chi connectivity index (χ4v) is 2.15. The molecule has 7 heteroatoms. The summed E-state index contributed by atoms with van der Waals surface area (Å²) in [5.74, 6) is 0.361. The number of fused-ring (bicyclic) bond motifs is 1. The maximum atomic E-state index is 12.1. The molecule has 1 aromatic carbocycles. The number of carbonyl (C=O) groups excluding carboxylic acids is 2. The van der Waals surface area contributed by atoms with Crippen LogP contribution in [0.3, 0.4) is 0 Å². The Morgan fingerprint density at radius 2 is 2.12 bits per heavy atom. The van der Waals surface area contributed by atoms with Crippen LogP contribution in [0.5, 0.6) is 11.5 Å². The average Bonchev–Trinajstić information content (AvgIpc) is 3.08. The predicted molar refractivity (Wildman–Crippen MR) is 83.5 cm³/mol. The lowest BCUT2D eigenvalue weighted by atomic mass is 10.2. The van der Waals surface area contributed by atoms with Crippen LogP contribution >= 0.6 is 0 Å². The smallest absolute Gasteiger partial charge is 0.340 e. The number of pyridine rings is 1. The Balaban J connectivity index is 1.52. The Labute approximate surface area is 138 Å². The standard InChI is InChI=1S/C17H16N2O5/c1-11(24-17(21)13-3-2-6-18-9-13)16(20)19-8-12-4-5-14-15(7-12)23-10-22-14/h2-7,9,11H,8,10H2,1H3,(H,19,20)/t11-/m1/s1. The van der Waals surface area contributed by atoms with Crippen LogP contribution in [0, 0.1) is 0 Å². The quantitative estimate of drug-likeness (QED) is 0.840. The van der Waals surface area contributed by atoms with Crippen LogP contribution < -0.4 is 14.8 Å². The second kappa shape index (κ2) is 6.99. The van der Waals surface area contributed by atoms with Crippen molar-refractivity contribution in [3.8, 4) is 11.5 Å². The van der Waals surface area contributed by atoms with Gasteiger partial charge < -0.3 is 19.5 Å². The Bertz CT molecular complexity index is 748. The molecular weight excluding hydrogens is 312 g/mol. The second-order valence-electron chi connectivity index (χ2n) is 5.19. The van der Waals surface area contributed by atoms with Gasteiger partial charge in [-0.15, -0.1) is 0 Å². The normalized spacial score (nSPS) is 13.2. The predicted octanol–water partition coefficient (Wildman–Crippen LogP) is 1.67. The lowest BCUT2D eigenvalue weighted by Gasteiger charge is -2.13. The zero-order valence-electron chi connectivity index (χ0n) is 13.0. The Morgan fingerprint density at radius 1 is 1.29 bits per heavy atom. The van der Waals surface area contributed by atoms with Crippen molar-refractivity contribution >= 4 is 11.9 Å². The number of rotatable bonds is 5. The fourth-order valence-electron chi connectivity index (χ4n) is 2.15. The second-order valence-corrected chi connectivity index (χ2v) is 5.19. The number of ether oxygens (including phenoxy) is 3. The summed E-state index contributed by atoms with van der Waals surface area (Å²) < 4.78 is 15.6. The van der Waals surface area contributed by atoms with Gasteiger partial charge in [0, 0.05) is 18.9 Å². The van der Waals surface area contributed by atoms with Gasteiger partial charge in [-0.05, 0) is 36.8 Å². The highest BCUT2D eigenvalue weighted by atomic mass is 16.7. The van der Waals surface area contributed by atoms with E-state index in [-0.39, 0.29) is 12.7 Å². The first-order chi connectivity index (χ1) is 11.6. The fraction of sp³-hybridized carbons (Fsp3) is 0.235. The average molecular weight is 328 g/mol. The third-order valence-corrected chi connectivity index (χ3v) is 3.45. The van der Waals surface area contributed by atoms with E-state index in [2.05, 4.69) is 10.3 Å². The number of hydrogen-bond acceptors (Lipinski definition) is 6. The zero-order valence-corrected chi connectivity index (χ0v) is 13.0. The van der Waals surface area contributed by atoms with Crippen molar-refractivity contribution in [3.05, 3.63) is 53.9 Å². The van der Waals surface area contributed by atoms with Crippen LogP contribution in [0.1, 0.15) is 22.8 Å². The van der Waals surface area contributed by atoms with Crippen molar-refractivity contribution in [2.75, 3.05) is 6.79 Å². The SMILES string of the molecule is C[C@@H](OC(=O)c1cccnc1)C(=O)NCc1ccc2c(c1)OCO2. The van der Waals surface area contributed by atoms with E-state index in [0.29, 0.717) is 23.6 Å². The first kappa shape index (κ1) is 15.8. The van der Waals surface area contributed by atoms with E-state index in [0.717, 1.165) is 5.56 Å². The van der Waals surface area contributed by atoms with Gasteiger partial charge in [0.2, 0.25) is 6.79 Å². The third kappa shape index (κ3) is 3.62. The first-order valence-corrected chi connectivity index (χ1v) is 7.41. The number of nitrogens with zero attached hydrogens (tertiary/aromatic N) is 1. The van der Waals surface area contributed by atoms with Gasteiger partial charge in [-0.2, -0.15) is 0 Å². The van der Waals surface area contributed by atoms with E-state index in [1.807, 2.05) is 6.07 Å². The molecule has 1 amide bonds. The number of nitrogens with one attached hydrogen (secondary N) is 1. The summed E-state index contributed by atoms with van der Waals surface area (Å²) in [5, 5.41) is 2.72. The molecule has 7 nitrogen and oxygen atoms in total. The molecule has 2 heterocycles. The molecule has 0 saturated heterocycles. The van der Waals surface area contributed by atoms with Crippen LogP contribution in [0.15, 0.2) is 42.7 Å². The molecule has 0 aliphatic carbocycles. The van der Waals surface area contributed by atoms with Gasteiger partial charge >= 0.3 is 5.97 Å². The van der Waals surface area contributed by atoms with Crippen molar-refractivity contribution < 1.29 is 23.8 Å². The Hall–Kier alpha value is -3.09. The van der Waals surface area contributed by atoms with Crippen molar-refractivity contribution in [2.24, 2.45) is 0 Å². The summed E-state index contributed by atoms with van der Waals surface area (Å²) in [4.78, 5) is 27.8. The van der Waals surface area contributed by atoms with Gasteiger partial charge in [0.05, 0.1) is 5.56 Å². The number of esters is 1. The minimum atomic E-state index is -0.910. The molecule has 0 saturated carbocycles. The molecule has 0 radical (unpaired) electrons. The highest BCUT2D eigenvalue weighted by molar-refractivity contribution is 5.91. The number of benzene rings is 1.